The molecule has 0 aliphatic carbocycles. The van der Waals surface area contributed by atoms with E-state index >= 15 is 4.39 Å². The third kappa shape index (κ3) is 6.10. The molecule has 1 unspecified atom stereocenters. The molecule has 14 heteroatoms. The predicted molar refractivity (Wildman–Crippen MR) is 159 cm³/mol. The standard InChI is InChI=1S/C30H28ClFN8O4/c1-43-30(41)35-22-8-5-19(6-9-22)21-15-34-38(16-21)27(14-23-4-2-3-13-44-23)25-11-7-20(17-40(25)42)28-26(39-18-33-36-37-39)12-10-24(31)29(28)32/h5-12,15-18,23,27H,2-4,13-14H2,1H3,(H,35,41)/t23-,27?/m0/s1. The lowest BCUT2D eigenvalue weighted by Gasteiger charge is -2.26. The number of carbonyl (C=O) groups is 1. The van der Waals surface area contributed by atoms with Crippen molar-refractivity contribution in [2.24, 2.45) is 0 Å². The lowest BCUT2D eigenvalue weighted by atomic mass is 9.98. The molecule has 1 N–H and O–H groups in total. The summed E-state index contributed by atoms with van der Waals surface area (Å²) in [5.74, 6) is -0.691. The second-order valence-corrected chi connectivity index (χ2v) is 10.7. The SMILES string of the molecule is COC(=O)Nc1ccc(-c2cnn(C(C[C@@H]3CCCCO3)c3ccc(-c4c(-n5cnnn5)ccc(Cl)c4F)c[n+]3[O-])c2)cc1. The number of halogens is 2. The van der Waals surface area contributed by atoms with E-state index in [1.165, 1.54) is 30.4 Å². The first-order valence-corrected chi connectivity index (χ1v) is 14.3. The van der Waals surface area contributed by atoms with Crippen molar-refractivity contribution in [3.63, 3.8) is 0 Å². The molecule has 2 aromatic carbocycles. The van der Waals surface area contributed by atoms with E-state index in [2.05, 4.69) is 30.7 Å². The van der Waals surface area contributed by atoms with Gasteiger partial charge in [-0.1, -0.05) is 23.7 Å². The number of amides is 1. The van der Waals surface area contributed by atoms with Gasteiger partial charge in [-0.2, -0.15) is 14.5 Å². The van der Waals surface area contributed by atoms with Gasteiger partial charge in [0.2, 0.25) is 5.69 Å². The van der Waals surface area contributed by atoms with Gasteiger partial charge in [-0.3, -0.25) is 10.00 Å². The van der Waals surface area contributed by atoms with E-state index in [-0.39, 0.29) is 16.7 Å². The van der Waals surface area contributed by atoms with E-state index in [9.17, 15) is 10.0 Å². The van der Waals surface area contributed by atoms with Crippen LogP contribution in [-0.4, -0.2) is 55.9 Å². The second kappa shape index (κ2) is 12.8. The topological polar surface area (TPSA) is 136 Å². The average Bonchev–Trinajstić information content (AvgIpc) is 3.76. The van der Waals surface area contributed by atoms with Crippen LogP contribution in [0.25, 0.3) is 27.9 Å². The van der Waals surface area contributed by atoms with Gasteiger partial charge in [0, 0.05) is 36.5 Å². The van der Waals surface area contributed by atoms with Crippen LogP contribution in [0.5, 0.6) is 0 Å². The number of ether oxygens (including phenoxy) is 2. The zero-order valence-electron chi connectivity index (χ0n) is 23.6. The summed E-state index contributed by atoms with van der Waals surface area (Å²) in [4.78, 5) is 11.5. The van der Waals surface area contributed by atoms with Crippen LogP contribution in [0.15, 0.2) is 73.4 Å². The fourth-order valence-electron chi connectivity index (χ4n) is 5.36. The first-order chi connectivity index (χ1) is 21.4. The van der Waals surface area contributed by atoms with Crippen molar-refractivity contribution >= 4 is 23.4 Å². The molecular formula is C30H28ClFN8O4. The molecule has 4 heterocycles. The van der Waals surface area contributed by atoms with Crippen LogP contribution >= 0.6 is 11.6 Å². The minimum atomic E-state index is -0.691. The molecule has 2 atom stereocenters. The summed E-state index contributed by atoms with van der Waals surface area (Å²) in [7, 11) is 1.30. The number of rotatable bonds is 8. The molecule has 44 heavy (non-hydrogen) atoms. The Bertz CT molecular complexity index is 1760. The number of aromatic nitrogens is 7. The molecule has 12 nitrogen and oxygen atoms in total. The highest BCUT2D eigenvalue weighted by Gasteiger charge is 2.29. The minimum absolute atomic E-state index is 0.0541. The third-order valence-corrected chi connectivity index (χ3v) is 7.87. The van der Waals surface area contributed by atoms with Gasteiger partial charge < -0.3 is 14.7 Å². The lowest BCUT2D eigenvalue weighted by Crippen LogP contribution is -2.37. The number of anilines is 1. The molecule has 226 valence electrons. The Morgan fingerprint density at radius 1 is 1.18 bits per heavy atom. The molecule has 1 aliphatic heterocycles. The number of benzene rings is 2. The van der Waals surface area contributed by atoms with E-state index in [1.807, 2.05) is 18.3 Å². The fraction of sp³-hybridized carbons (Fsp3) is 0.267. The molecule has 1 saturated heterocycles. The van der Waals surface area contributed by atoms with Gasteiger partial charge in [0.05, 0.1) is 41.2 Å². The Labute approximate surface area is 256 Å². The molecule has 3 aromatic heterocycles. The maximum absolute atomic E-state index is 15.4. The monoisotopic (exact) mass is 618 g/mol. The van der Waals surface area contributed by atoms with E-state index in [4.69, 9.17) is 16.3 Å². The second-order valence-electron chi connectivity index (χ2n) is 10.3. The summed E-state index contributed by atoms with van der Waals surface area (Å²) in [6, 6.07) is 13.1. The summed E-state index contributed by atoms with van der Waals surface area (Å²) < 4.78 is 29.9. The van der Waals surface area contributed by atoms with Crippen LogP contribution in [0.3, 0.4) is 0 Å². The van der Waals surface area contributed by atoms with E-state index < -0.39 is 18.0 Å². The van der Waals surface area contributed by atoms with Crippen molar-refractivity contribution < 1.29 is 23.4 Å². The molecule has 0 radical (unpaired) electrons. The van der Waals surface area contributed by atoms with Crippen LogP contribution in [0.2, 0.25) is 5.02 Å². The van der Waals surface area contributed by atoms with Gasteiger partial charge in [-0.15, -0.1) is 5.10 Å². The Morgan fingerprint density at radius 2 is 2.00 bits per heavy atom. The van der Waals surface area contributed by atoms with Crippen molar-refractivity contribution in [3.8, 4) is 27.9 Å². The Kier molecular flexibility index (Phi) is 8.48. The minimum Gasteiger partial charge on any atom is -0.618 e. The number of tetrazole rings is 1. The van der Waals surface area contributed by atoms with Gasteiger partial charge in [0.1, 0.15) is 12.4 Å². The van der Waals surface area contributed by atoms with Gasteiger partial charge in [0.25, 0.3) is 0 Å². The molecule has 5 aromatic rings. The largest absolute Gasteiger partial charge is 0.618 e. The van der Waals surface area contributed by atoms with Crippen molar-refractivity contribution in [2.75, 3.05) is 19.0 Å². The molecule has 6 rings (SSSR count). The zero-order valence-corrected chi connectivity index (χ0v) is 24.4. The van der Waals surface area contributed by atoms with Crippen LogP contribution in [0.1, 0.15) is 37.4 Å². The molecule has 0 saturated carbocycles. The van der Waals surface area contributed by atoms with Crippen molar-refractivity contribution in [3.05, 3.63) is 95.2 Å². The summed E-state index contributed by atoms with van der Waals surface area (Å²) >= 11 is 6.13. The van der Waals surface area contributed by atoms with Crippen LogP contribution in [0.4, 0.5) is 14.9 Å². The van der Waals surface area contributed by atoms with Gasteiger partial charge in [0.15, 0.2) is 12.0 Å². The molecule has 1 fully saturated rings. The molecule has 1 amide bonds. The Hall–Kier alpha value is -4.88. The quantitative estimate of drug-likeness (QED) is 0.182. The highest BCUT2D eigenvalue weighted by molar-refractivity contribution is 6.31. The Morgan fingerprint density at radius 3 is 2.70 bits per heavy atom. The van der Waals surface area contributed by atoms with Crippen LogP contribution < -0.4 is 10.0 Å². The molecule has 1 aliphatic rings. The third-order valence-electron chi connectivity index (χ3n) is 7.57. The maximum atomic E-state index is 15.4. The van der Waals surface area contributed by atoms with Gasteiger partial charge in [-0.25, -0.2) is 9.18 Å². The summed E-state index contributed by atoms with van der Waals surface area (Å²) in [6.07, 6.45) is 9.08. The zero-order chi connectivity index (χ0) is 30.6. The summed E-state index contributed by atoms with van der Waals surface area (Å²) in [5.41, 5.74) is 3.44. The Balaban J connectivity index is 1.35. The van der Waals surface area contributed by atoms with Crippen LogP contribution in [-0.2, 0) is 9.47 Å². The van der Waals surface area contributed by atoms with E-state index in [1.54, 1.807) is 41.2 Å². The molecule has 0 bridgehead atoms. The number of pyridine rings is 1. The summed E-state index contributed by atoms with van der Waals surface area (Å²) in [5, 5.41) is 32.0. The average molecular weight is 619 g/mol. The van der Waals surface area contributed by atoms with Crippen LogP contribution in [0, 0.1) is 11.0 Å². The van der Waals surface area contributed by atoms with Crippen molar-refractivity contribution in [1.29, 1.82) is 0 Å². The van der Waals surface area contributed by atoms with Gasteiger partial charge in [-0.05, 0) is 65.6 Å². The van der Waals surface area contributed by atoms with Gasteiger partial charge >= 0.3 is 6.09 Å². The number of hydrogen-bond acceptors (Lipinski definition) is 8. The van der Waals surface area contributed by atoms with Crippen molar-refractivity contribution in [1.82, 2.24) is 30.0 Å². The van der Waals surface area contributed by atoms with E-state index in [0.29, 0.717) is 35.7 Å². The highest BCUT2D eigenvalue weighted by Crippen LogP contribution is 2.34. The fourth-order valence-corrected chi connectivity index (χ4v) is 5.51. The predicted octanol–water partition coefficient (Wildman–Crippen LogP) is 5.35. The first kappa shape index (κ1) is 29.2. The normalized spacial score (nSPS) is 15.6. The maximum Gasteiger partial charge on any atom is 0.411 e. The smallest absolute Gasteiger partial charge is 0.411 e. The molecular weight excluding hydrogens is 591 g/mol. The number of nitrogens with one attached hydrogen (secondary N) is 1. The summed E-state index contributed by atoms with van der Waals surface area (Å²) in [6.45, 7) is 0.665. The number of hydrogen-bond donors (Lipinski definition) is 1. The first-order valence-electron chi connectivity index (χ1n) is 14.0. The van der Waals surface area contributed by atoms with Crippen molar-refractivity contribution in [2.45, 2.75) is 37.8 Å². The lowest BCUT2D eigenvalue weighted by molar-refractivity contribution is -0.615. The number of carbonyl (C=O) groups excluding carboxylic acids is 1. The number of nitrogens with zero attached hydrogens (tertiary/aromatic N) is 7. The van der Waals surface area contributed by atoms with E-state index in [0.717, 1.165) is 35.1 Å². The molecule has 0 spiro atoms. The highest BCUT2D eigenvalue weighted by atomic mass is 35.5. The number of methoxy groups -OCH3 is 1.